The molecule has 0 aliphatic carbocycles. The molecule has 0 bridgehead atoms. The van der Waals surface area contributed by atoms with Crippen molar-refractivity contribution >= 4 is 29.2 Å². The minimum atomic E-state index is -0.505. The molecule has 0 atom stereocenters. The first-order valence-corrected chi connectivity index (χ1v) is 8.25. The average Bonchev–Trinajstić information content (AvgIpc) is 2.92. The first kappa shape index (κ1) is 17.2. The second-order valence-corrected chi connectivity index (χ2v) is 6.19. The van der Waals surface area contributed by atoms with Gasteiger partial charge in [-0.3, -0.25) is 4.79 Å². The Bertz CT molecular complexity index is 973. The zero-order valence-electron chi connectivity index (χ0n) is 13.9. The van der Waals surface area contributed by atoms with Crippen LogP contribution < -0.4 is 10.1 Å². The highest BCUT2D eigenvalue weighted by atomic mass is 32.1. The first-order chi connectivity index (χ1) is 12.0. The summed E-state index contributed by atoms with van der Waals surface area (Å²) in [4.78, 5) is 18.0. The van der Waals surface area contributed by atoms with Gasteiger partial charge < -0.3 is 20.0 Å². The number of benzene rings is 2. The Hall–Kier alpha value is -2.67. The number of hydrogen-bond acceptors (Lipinski definition) is 3. The number of aromatic amines is 2. The molecule has 3 aromatic rings. The second kappa shape index (κ2) is 7.06. The van der Waals surface area contributed by atoms with Gasteiger partial charge in [0.2, 0.25) is 0 Å². The van der Waals surface area contributed by atoms with Crippen LogP contribution in [0.1, 0.15) is 21.5 Å². The summed E-state index contributed by atoms with van der Waals surface area (Å²) in [6.45, 7) is 4.56. The number of carbonyl (C=O) groups excluding carboxylic acids is 1. The monoisotopic (exact) mass is 359 g/mol. The smallest absolute Gasteiger partial charge is 0.253 e. The molecule has 0 saturated carbocycles. The van der Waals surface area contributed by atoms with Crippen molar-refractivity contribution in [1.29, 1.82) is 0 Å². The predicted molar refractivity (Wildman–Crippen MR) is 97.2 cm³/mol. The molecule has 25 heavy (non-hydrogen) atoms. The fourth-order valence-electron chi connectivity index (χ4n) is 2.73. The fraction of sp³-hybridized carbons (Fsp3) is 0.222. The SMILES string of the molecule is Cc1cccc(C)c1OCCNC(=O)c1cc(F)cc2[nH]c(=S)[nH]c12. The molecule has 0 radical (unpaired) electrons. The van der Waals surface area contributed by atoms with Crippen LogP contribution in [-0.2, 0) is 0 Å². The van der Waals surface area contributed by atoms with Gasteiger partial charge in [-0.25, -0.2) is 4.39 Å². The molecule has 0 spiro atoms. The maximum absolute atomic E-state index is 13.7. The number of fused-ring (bicyclic) bond motifs is 1. The van der Waals surface area contributed by atoms with Gasteiger partial charge in [-0.15, -0.1) is 0 Å². The lowest BCUT2D eigenvalue weighted by Gasteiger charge is -2.12. The largest absolute Gasteiger partial charge is 0.491 e. The minimum absolute atomic E-state index is 0.203. The van der Waals surface area contributed by atoms with Crippen LogP contribution in [0, 0.1) is 24.4 Å². The minimum Gasteiger partial charge on any atom is -0.491 e. The van der Waals surface area contributed by atoms with E-state index in [1.54, 1.807) is 0 Å². The van der Waals surface area contributed by atoms with Crippen LogP contribution >= 0.6 is 12.2 Å². The predicted octanol–water partition coefficient (Wildman–Crippen LogP) is 3.79. The number of H-pyrrole nitrogens is 2. The number of carbonyl (C=O) groups is 1. The first-order valence-electron chi connectivity index (χ1n) is 7.84. The van der Waals surface area contributed by atoms with E-state index in [9.17, 15) is 9.18 Å². The number of para-hydroxylation sites is 1. The van der Waals surface area contributed by atoms with Gasteiger partial charge in [-0.2, -0.15) is 0 Å². The van der Waals surface area contributed by atoms with E-state index in [0.717, 1.165) is 16.9 Å². The molecule has 130 valence electrons. The summed E-state index contributed by atoms with van der Waals surface area (Å²) < 4.78 is 19.8. The van der Waals surface area contributed by atoms with Gasteiger partial charge >= 0.3 is 0 Å². The highest BCUT2D eigenvalue weighted by Crippen LogP contribution is 2.22. The zero-order valence-corrected chi connectivity index (χ0v) is 14.7. The lowest BCUT2D eigenvalue weighted by atomic mass is 10.1. The summed E-state index contributed by atoms with van der Waals surface area (Å²) in [6, 6.07) is 8.39. The van der Waals surface area contributed by atoms with Crippen molar-refractivity contribution < 1.29 is 13.9 Å². The molecule has 1 aromatic heterocycles. The number of hydrogen-bond donors (Lipinski definition) is 3. The number of halogens is 1. The lowest BCUT2D eigenvalue weighted by molar-refractivity contribution is 0.0948. The number of aryl methyl sites for hydroxylation is 2. The molecule has 3 N–H and O–H groups in total. The maximum Gasteiger partial charge on any atom is 0.253 e. The molecule has 1 amide bonds. The lowest BCUT2D eigenvalue weighted by Crippen LogP contribution is -2.28. The summed E-state index contributed by atoms with van der Waals surface area (Å²) in [5.41, 5.74) is 3.23. The Kier molecular flexibility index (Phi) is 4.85. The van der Waals surface area contributed by atoms with Crippen LogP contribution in [0.5, 0.6) is 5.75 Å². The highest BCUT2D eigenvalue weighted by Gasteiger charge is 2.14. The van der Waals surface area contributed by atoms with E-state index in [-0.39, 0.29) is 11.5 Å². The summed E-state index contributed by atoms with van der Waals surface area (Å²) in [5, 5.41) is 2.74. The standard InChI is InChI=1S/C18H18FN3O2S/c1-10-4-3-5-11(2)16(10)24-7-6-20-17(23)13-8-12(19)9-14-15(13)22-18(25)21-14/h3-5,8-9H,6-7H2,1-2H3,(H,20,23)(H2,21,22,25). The highest BCUT2D eigenvalue weighted by molar-refractivity contribution is 7.71. The normalized spacial score (nSPS) is 10.8. The number of nitrogens with one attached hydrogen (secondary N) is 3. The van der Waals surface area contributed by atoms with Crippen molar-refractivity contribution in [2.24, 2.45) is 0 Å². The Morgan fingerprint density at radius 3 is 2.68 bits per heavy atom. The van der Waals surface area contributed by atoms with E-state index in [1.807, 2.05) is 32.0 Å². The number of rotatable bonds is 5. The van der Waals surface area contributed by atoms with Gasteiger partial charge in [0, 0.05) is 0 Å². The van der Waals surface area contributed by atoms with E-state index >= 15 is 0 Å². The molecule has 1 heterocycles. The molecule has 0 unspecified atom stereocenters. The van der Waals surface area contributed by atoms with E-state index in [2.05, 4.69) is 15.3 Å². The second-order valence-electron chi connectivity index (χ2n) is 5.78. The molecular formula is C18H18FN3O2S. The van der Waals surface area contributed by atoms with Gasteiger partial charge in [0.25, 0.3) is 5.91 Å². The fourth-order valence-corrected chi connectivity index (χ4v) is 2.94. The van der Waals surface area contributed by atoms with Crippen LogP contribution in [0.25, 0.3) is 11.0 Å². The Balaban J connectivity index is 1.66. The van der Waals surface area contributed by atoms with Crippen LogP contribution in [-0.4, -0.2) is 29.0 Å². The molecule has 0 saturated heterocycles. The maximum atomic E-state index is 13.7. The van der Waals surface area contributed by atoms with Crippen LogP contribution in [0.15, 0.2) is 30.3 Å². The van der Waals surface area contributed by atoms with Crippen molar-refractivity contribution in [1.82, 2.24) is 15.3 Å². The Labute approximate surface area is 149 Å². The molecule has 2 aromatic carbocycles. The van der Waals surface area contributed by atoms with E-state index < -0.39 is 5.82 Å². The van der Waals surface area contributed by atoms with Crippen molar-refractivity contribution in [2.75, 3.05) is 13.2 Å². The van der Waals surface area contributed by atoms with Crippen molar-refractivity contribution in [2.45, 2.75) is 13.8 Å². The zero-order chi connectivity index (χ0) is 18.0. The molecule has 0 aliphatic heterocycles. The van der Waals surface area contributed by atoms with Gasteiger partial charge in [0.15, 0.2) is 4.77 Å². The van der Waals surface area contributed by atoms with Gasteiger partial charge in [0.05, 0.1) is 23.1 Å². The van der Waals surface area contributed by atoms with Gasteiger partial charge in [-0.1, -0.05) is 18.2 Å². The van der Waals surface area contributed by atoms with E-state index in [4.69, 9.17) is 17.0 Å². The van der Waals surface area contributed by atoms with E-state index in [0.29, 0.717) is 29.0 Å². The Morgan fingerprint density at radius 2 is 1.96 bits per heavy atom. The van der Waals surface area contributed by atoms with Crippen molar-refractivity contribution in [3.63, 3.8) is 0 Å². The molecule has 3 rings (SSSR count). The molecular weight excluding hydrogens is 341 g/mol. The van der Waals surface area contributed by atoms with Crippen LogP contribution in [0.3, 0.4) is 0 Å². The number of imidazole rings is 1. The van der Waals surface area contributed by atoms with Gasteiger partial charge in [-0.05, 0) is 49.3 Å². The summed E-state index contributed by atoms with van der Waals surface area (Å²) in [5.74, 6) is -0.0749. The van der Waals surface area contributed by atoms with Crippen LogP contribution in [0.4, 0.5) is 4.39 Å². The Morgan fingerprint density at radius 1 is 1.24 bits per heavy atom. The topological polar surface area (TPSA) is 69.9 Å². The van der Waals surface area contributed by atoms with Crippen LogP contribution in [0.2, 0.25) is 0 Å². The molecule has 0 aliphatic rings. The summed E-state index contributed by atoms with van der Waals surface area (Å²) in [7, 11) is 0. The molecule has 7 heteroatoms. The van der Waals surface area contributed by atoms with Crippen molar-refractivity contribution in [3.05, 3.63) is 57.6 Å². The molecule has 0 fully saturated rings. The number of ether oxygens (including phenoxy) is 1. The van der Waals surface area contributed by atoms with E-state index in [1.165, 1.54) is 12.1 Å². The molecule has 5 nitrogen and oxygen atoms in total. The average molecular weight is 359 g/mol. The summed E-state index contributed by atoms with van der Waals surface area (Å²) in [6.07, 6.45) is 0. The third kappa shape index (κ3) is 3.71. The summed E-state index contributed by atoms with van der Waals surface area (Å²) >= 11 is 5.00. The quantitative estimate of drug-likeness (QED) is 0.479. The van der Waals surface area contributed by atoms with Crippen molar-refractivity contribution in [3.8, 4) is 5.75 Å². The van der Waals surface area contributed by atoms with Gasteiger partial charge in [0.1, 0.15) is 18.2 Å². The third-order valence-electron chi connectivity index (χ3n) is 3.88. The number of amides is 1. The number of aromatic nitrogens is 2. The third-order valence-corrected chi connectivity index (χ3v) is 4.08.